The molecule has 0 radical (unpaired) electrons. The van der Waals surface area contributed by atoms with Crippen LogP contribution in [0.15, 0.2) is 30.3 Å². The van der Waals surface area contributed by atoms with Crippen LogP contribution in [0.3, 0.4) is 0 Å². The lowest BCUT2D eigenvalue weighted by molar-refractivity contribution is -0.896. The molecule has 0 unspecified atom stereocenters. The van der Waals surface area contributed by atoms with Gasteiger partial charge in [0.05, 0.1) is 27.2 Å². The fraction of sp³-hybridized carbons (Fsp3) is 0.650. The molecule has 0 bridgehead atoms. The Morgan fingerprint density at radius 2 is 1.78 bits per heavy atom. The molecule has 1 aromatic rings. The largest absolute Gasteiger partial charge is 1.00 e. The number of likely N-dealkylation sites (tertiary alicyclic amines) is 1. The van der Waals surface area contributed by atoms with Crippen molar-refractivity contribution in [3.8, 4) is 0 Å². The van der Waals surface area contributed by atoms with Crippen molar-refractivity contribution in [2.45, 2.75) is 49.7 Å². The van der Waals surface area contributed by atoms with Crippen LogP contribution in [-0.2, 0) is 15.1 Å². The zero-order chi connectivity index (χ0) is 19.0. The molecular weight excluding hydrogens is 420 g/mol. The van der Waals surface area contributed by atoms with E-state index in [9.17, 15) is 18.7 Å². The van der Waals surface area contributed by atoms with Crippen LogP contribution in [0.4, 0.5) is 8.78 Å². The van der Waals surface area contributed by atoms with E-state index in [1.807, 2.05) is 0 Å². The fourth-order valence-electron chi connectivity index (χ4n) is 4.12. The van der Waals surface area contributed by atoms with Gasteiger partial charge >= 0.3 is 5.97 Å². The first kappa shape index (κ1) is 22.2. The molecule has 27 heavy (non-hydrogen) atoms. The van der Waals surface area contributed by atoms with Gasteiger partial charge < -0.3 is 31.3 Å². The Kier molecular flexibility index (Phi) is 6.70. The molecule has 3 rings (SSSR count). The van der Waals surface area contributed by atoms with Crippen LogP contribution in [0.25, 0.3) is 0 Å². The molecule has 0 spiro atoms. The number of hydrogen-bond donors (Lipinski definition) is 1. The molecule has 0 amide bonds. The third-order valence-electron chi connectivity index (χ3n) is 5.91. The molecule has 0 aromatic heterocycles. The molecule has 4 nitrogen and oxygen atoms in total. The van der Waals surface area contributed by atoms with Crippen molar-refractivity contribution in [1.29, 1.82) is 0 Å². The van der Waals surface area contributed by atoms with Gasteiger partial charge in [0.2, 0.25) is 5.92 Å². The van der Waals surface area contributed by atoms with Crippen molar-refractivity contribution in [2.75, 3.05) is 27.2 Å². The predicted octanol–water partition coefficient (Wildman–Crippen LogP) is 0.0956. The Bertz CT molecular complexity index is 646. The fourth-order valence-corrected chi connectivity index (χ4v) is 4.12. The van der Waals surface area contributed by atoms with Crippen LogP contribution in [0.5, 0.6) is 0 Å². The van der Waals surface area contributed by atoms with Gasteiger partial charge in [0, 0.05) is 31.6 Å². The number of hydrogen-bond acceptors (Lipinski definition) is 3. The average Bonchev–Trinajstić information content (AvgIpc) is 2.97. The molecule has 2 atom stereocenters. The Balaban J connectivity index is 0.00000261. The van der Waals surface area contributed by atoms with Gasteiger partial charge in [-0.05, 0) is 12.0 Å². The second-order valence-corrected chi connectivity index (χ2v) is 8.42. The summed E-state index contributed by atoms with van der Waals surface area (Å²) < 4.78 is 34.1. The highest BCUT2D eigenvalue weighted by Crippen LogP contribution is 2.48. The van der Waals surface area contributed by atoms with E-state index in [-0.39, 0.29) is 35.9 Å². The molecule has 1 saturated carbocycles. The van der Waals surface area contributed by atoms with Gasteiger partial charge in [-0.3, -0.25) is 0 Å². The minimum Gasteiger partial charge on any atom is -1.00 e. The number of alkyl halides is 2. The van der Waals surface area contributed by atoms with E-state index < -0.39 is 29.8 Å². The maximum absolute atomic E-state index is 13.8. The van der Waals surface area contributed by atoms with E-state index in [0.29, 0.717) is 18.4 Å². The van der Waals surface area contributed by atoms with Gasteiger partial charge in [-0.25, -0.2) is 13.6 Å². The Labute approximate surface area is 169 Å². The molecule has 1 aromatic carbocycles. The first-order valence-corrected chi connectivity index (χ1v) is 9.31. The minimum atomic E-state index is -2.85. The van der Waals surface area contributed by atoms with E-state index >= 15 is 0 Å². The third kappa shape index (κ3) is 4.87. The maximum Gasteiger partial charge on any atom is 0.343 e. The number of piperidine rings is 1. The van der Waals surface area contributed by atoms with Crippen molar-refractivity contribution in [2.24, 2.45) is 5.92 Å². The summed E-state index contributed by atoms with van der Waals surface area (Å²) in [6, 6.07) is 8.37. The summed E-state index contributed by atoms with van der Waals surface area (Å²) in [6.07, 6.45) is 0.444. The van der Waals surface area contributed by atoms with E-state index in [1.54, 1.807) is 30.3 Å². The summed E-state index contributed by atoms with van der Waals surface area (Å²) in [7, 11) is 4.25. The number of benzene rings is 1. The number of nitrogens with zero attached hydrogens (tertiary/aromatic N) is 1. The Hall–Kier alpha value is -1.05. The molecule has 1 aliphatic heterocycles. The van der Waals surface area contributed by atoms with Crippen molar-refractivity contribution in [3.05, 3.63) is 35.9 Å². The highest BCUT2D eigenvalue weighted by atomic mass is 79.9. The van der Waals surface area contributed by atoms with E-state index in [2.05, 4.69) is 14.1 Å². The molecule has 1 saturated heterocycles. The zero-order valence-corrected chi connectivity index (χ0v) is 17.4. The lowest BCUT2D eigenvalue weighted by Gasteiger charge is -2.38. The standard InChI is InChI=1S/C20H28F2NO3.BrH/c1-23(2)12-9-17(10-13-23)26-18(24)20(25,15-6-4-3-5-7-15)16-8-11-19(21,22)14-16;/h3-7,16-17,25H,8-14H2,1-2H3;1H/q+1;/p-1/t16-,20+;/m1./s1. The van der Waals surface area contributed by atoms with Crippen molar-refractivity contribution >= 4 is 5.97 Å². The number of ether oxygens (including phenoxy) is 1. The van der Waals surface area contributed by atoms with Gasteiger partial charge in [-0.1, -0.05) is 30.3 Å². The molecule has 2 fully saturated rings. The number of carbonyl (C=O) groups is 1. The first-order valence-electron chi connectivity index (χ1n) is 9.31. The number of esters is 1. The number of halogens is 3. The molecular formula is C20H28BrF2NO3. The second kappa shape index (κ2) is 8.13. The van der Waals surface area contributed by atoms with Gasteiger partial charge in [-0.2, -0.15) is 0 Å². The monoisotopic (exact) mass is 447 g/mol. The number of aliphatic hydroxyl groups is 1. The second-order valence-electron chi connectivity index (χ2n) is 8.42. The number of quaternary nitrogens is 1. The molecule has 2 aliphatic rings. The zero-order valence-electron chi connectivity index (χ0n) is 15.8. The molecule has 1 aliphatic carbocycles. The van der Waals surface area contributed by atoms with Crippen LogP contribution in [0.1, 0.15) is 37.7 Å². The lowest BCUT2D eigenvalue weighted by Crippen LogP contribution is -3.00. The molecule has 1 N–H and O–H groups in total. The van der Waals surface area contributed by atoms with Gasteiger partial charge in [0.1, 0.15) is 6.10 Å². The predicted molar refractivity (Wildman–Crippen MR) is 93.6 cm³/mol. The minimum absolute atomic E-state index is 0. The first-order chi connectivity index (χ1) is 12.1. The van der Waals surface area contributed by atoms with Crippen LogP contribution in [0, 0.1) is 5.92 Å². The summed E-state index contributed by atoms with van der Waals surface area (Å²) in [5, 5.41) is 11.3. The van der Waals surface area contributed by atoms with E-state index in [0.717, 1.165) is 17.6 Å². The summed E-state index contributed by atoms with van der Waals surface area (Å²) in [6.45, 7) is 1.76. The Morgan fingerprint density at radius 1 is 1.19 bits per heavy atom. The maximum atomic E-state index is 13.8. The normalized spacial score (nSPS) is 26.6. The molecule has 1 heterocycles. The van der Waals surface area contributed by atoms with Crippen LogP contribution in [-0.4, -0.2) is 54.8 Å². The van der Waals surface area contributed by atoms with E-state index in [4.69, 9.17) is 4.74 Å². The third-order valence-corrected chi connectivity index (χ3v) is 5.91. The van der Waals surface area contributed by atoms with Crippen molar-refractivity contribution in [3.63, 3.8) is 0 Å². The topological polar surface area (TPSA) is 46.5 Å². The van der Waals surface area contributed by atoms with Crippen LogP contribution in [0.2, 0.25) is 0 Å². The van der Waals surface area contributed by atoms with Gasteiger partial charge in [-0.15, -0.1) is 0 Å². The quantitative estimate of drug-likeness (QED) is 0.525. The average molecular weight is 448 g/mol. The summed E-state index contributed by atoms with van der Waals surface area (Å²) in [5.41, 5.74) is -1.69. The lowest BCUT2D eigenvalue weighted by atomic mass is 9.80. The number of carbonyl (C=O) groups excluding carboxylic acids is 1. The highest BCUT2D eigenvalue weighted by molar-refractivity contribution is 5.81. The van der Waals surface area contributed by atoms with Crippen LogP contribution < -0.4 is 17.0 Å². The van der Waals surface area contributed by atoms with Gasteiger partial charge in [0.15, 0.2) is 5.60 Å². The van der Waals surface area contributed by atoms with Crippen LogP contribution >= 0.6 is 0 Å². The smallest absolute Gasteiger partial charge is 0.343 e. The summed E-state index contributed by atoms with van der Waals surface area (Å²) >= 11 is 0. The summed E-state index contributed by atoms with van der Waals surface area (Å²) in [5.74, 6) is -4.48. The number of rotatable bonds is 4. The van der Waals surface area contributed by atoms with Crippen molar-refractivity contribution in [1.82, 2.24) is 0 Å². The van der Waals surface area contributed by atoms with E-state index in [1.165, 1.54) is 0 Å². The molecule has 7 heteroatoms. The Morgan fingerprint density at radius 3 is 2.30 bits per heavy atom. The van der Waals surface area contributed by atoms with Gasteiger partial charge in [0.25, 0.3) is 0 Å². The highest BCUT2D eigenvalue weighted by Gasteiger charge is 2.54. The SMILES string of the molecule is C[N+]1(C)CCC(OC(=O)[C@](O)(c2ccccc2)[C@@H]2CCC(F)(F)C2)CC1.[Br-]. The molecule has 152 valence electrons. The summed E-state index contributed by atoms with van der Waals surface area (Å²) in [4.78, 5) is 13.0. The van der Waals surface area contributed by atoms with Crippen molar-refractivity contribution < 1.29 is 44.9 Å².